The van der Waals surface area contributed by atoms with Gasteiger partial charge in [-0.05, 0) is 24.7 Å². The Bertz CT molecular complexity index is 549. The van der Waals surface area contributed by atoms with Crippen LogP contribution < -0.4 is 11.2 Å². The highest BCUT2D eigenvalue weighted by Crippen LogP contribution is 2.30. The molecule has 2 N–H and O–H groups in total. The van der Waals surface area contributed by atoms with Gasteiger partial charge < -0.3 is 5.11 Å². The van der Waals surface area contributed by atoms with Gasteiger partial charge in [0, 0.05) is 6.54 Å². The minimum absolute atomic E-state index is 0.239. The number of nitrogens with zero attached hydrogens (tertiary/aromatic N) is 1. The van der Waals surface area contributed by atoms with Gasteiger partial charge >= 0.3 is 5.69 Å². The van der Waals surface area contributed by atoms with Gasteiger partial charge in [0.05, 0.1) is 0 Å². The molecule has 1 fully saturated rings. The van der Waals surface area contributed by atoms with Crippen LogP contribution in [0, 0.1) is 17.7 Å². The Kier molecular flexibility index (Phi) is 3.54. The summed E-state index contributed by atoms with van der Waals surface area (Å²) < 4.78 is 14.2. The number of hydrogen-bond donors (Lipinski definition) is 2. The largest absolute Gasteiger partial charge is 0.492 e. The number of halogens is 1. The standard InChI is InChI=1S/C12H17FN2O3/c1-7-3-2-4-8(5-7)6-15-11(17)9(13)10(16)14-12(15)18/h7-8,17H,2-6H2,1H3,(H,14,16,18). The third-order valence-corrected chi connectivity index (χ3v) is 3.60. The fraction of sp³-hybridized carbons (Fsp3) is 0.667. The highest BCUT2D eigenvalue weighted by molar-refractivity contribution is 5.09. The molecule has 0 saturated heterocycles. The van der Waals surface area contributed by atoms with Crippen molar-refractivity contribution < 1.29 is 9.50 Å². The zero-order valence-corrected chi connectivity index (χ0v) is 10.3. The second-order valence-electron chi connectivity index (χ2n) is 5.15. The van der Waals surface area contributed by atoms with Crippen molar-refractivity contribution in [1.29, 1.82) is 0 Å². The van der Waals surface area contributed by atoms with E-state index in [-0.39, 0.29) is 12.5 Å². The monoisotopic (exact) mass is 256 g/mol. The van der Waals surface area contributed by atoms with E-state index in [9.17, 15) is 19.1 Å². The van der Waals surface area contributed by atoms with Crippen LogP contribution in [0.3, 0.4) is 0 Å². The first kappa shape index (κ1) is 12.9. The van der Waals surface area contributed by atoms with E-state index in [4.69, 9.17) is 0 Å². The predicted molar refractivity (Wildman–Crippen MR) is 64.1 cm³/mol. The Balaban J connectivity index is 2.26. The molecule has 18 heavy (non-hydrogen) atoms. The number of rotatable bonds is 2. The smallest absolute Gasteiger partial charge is 0.331 e. The Morgan fingerprint density at radius 2 is 2.17 bits per heavy atom. The molecule has 0 amide bonds. The highest BCUT2D eigenvalue weighted by Gasteiger charge is 2.22. The van der Waals surface area contributed by atoms with Crippen LogP contribution in [0.4, 0.5) is 4.39 Å². The molecule has 1 saturated carbocycles. The van der Waals surface area contributed by atoms with E-state index < -0.39 is 22.9 Å². The summed E-state index contributed by atoms with van der Waals surface area (Å²) >= 11 is 0. The molecule has 0 aromatic carbocycles. The summed E-state index contributed by atoms with van der Waals surface area (Å²) in [5.74, 6) is -1.34. The van der Waals surface area contributed by atoms with E-state index in [0.717, 1.165) is 30.3 Å². The molecule has 100 valence electrons. The topological polar surface area (TPSA) is 75.1 Å². The lowest BCUT2D eigenvalue weighted by Crippen LogP contribution is -2.34. The van der Waals surface area contributed by atoms with Crippen LogP contribution in [-0.2, 0) is 6.54 Å². The Morgan fingerprint density at radius 3 is 2.83 bits per heavy atom. The van der Waals surface area contributed by atoms with Gasteiger partial charge in [-0.3, -0.25) is 14.3 Å². The summed E-state index contributed by atoms with van der Waals surface area (Å²) in [7, 11) is 0. The lowest BCUT2D eigenvalue weighted by molar-refractivity contribution is 0.240. The van der Waals surface area contributed by atoms with E-state index in [1.165, 1.54) is 0 Å². The Labute approximate surface area is 103 Å². The van der Waals surface area contributed by atoms with Gasteiger partial charge in [0.25, 0.3) is 5.56 Å². The molecule has 0 radical (unpaired) electrons. The lowest BCUT2D eigenvalue weighted by Gasteiger charge is -2.27. The maximum absolute atomic E-state index is 13.2. The van der Waals surface area contributed by atoms with Crippen LogP contribution in [0.1, 0.15) is 32.6 Å². The van der Waals surface area contributed by atoms with Crippen molar-refractivity contribution in [3.05, 3.63) is 26.7 Å². The van der Waals surface area contributed by atoms with Gasteiger partial charge in [0.2, 0.25) is 11.7 Å². The second-order valence-corrected chi connectivity index (χ2v) is 5.15. The van der Waals surface area contributed by atoms with Crippen molar-refractivity contribution in [3.8, 4) is 5.88 Å². The molecule has 2 rings (SSSR count). The number of nitrogens with one attached hydrogen (secondary N) is 1. The van der Waals surface area contributed by atoms with Gasteiger partial charge in [-0.2, -0.15) is 4.39 Å². The van der Waals surface area contributed by atoms with Gasteiger partial charge in [0.1, 0.15) is 0 Å². The first-order chi connectivity index (χ1) is 8.49. The zero-order chi connectivity index (χ0) is 13.3. The second kappa shape index (κ2) is 4.96. The van der Waals surface area contributed by atoms with Crippen LogP contribution in [0.15, 0.2) is 9.59 Å². The minimum Gasteiger partial charge on any atom is -0.492 e. The van der Waals surface area contributed by atoms with Crippen molar-refractivity contribution in [1.82, 2.24) is 9.55 Å². The van der Waals surface area contributed by atoms with E-state index in [2.05, 4.69) is 6.92 Å². The quantitative estimate of drug-likeness (QED) is 0.835. The Morgan fingerprint density at radius 1 is 1.44 bits per heavy atom. The number of aromatic amines is 1. The average Bonchev–Trinajstić information content (AvgIpc) is 2.32. The van der Waals surface area contributed by atoms with Crippen molar-refractivity contribution in [2.75, 3.05) is 0 Å². The van der Waals surface area contributed by atoms with E-state index >= 15 is 0 Å². The fourth-order valence-electron chi connectivity index (χ4n) is 2.69. The van der Waals surface area contributed by atoms with Crippen LogP contribution in [0.2, 0.25) is 0 Å². The highest BCUT2D eigenvalue weighted by atomic mass is 19.1. The molecule has 0 bridgehead atoms. The molecule has 1 aromatic rings. The number of H-pyrrole nitrogens is 1. The first-order valence-corrected chi connectivity index (χ1v) is 6.20. The lowest BCUT2D eigenvalue weighted by atomic mass is 9.82. The van der Waals surface area contributed by atoms with Crippen LogP contribution >= 0.6 is 0 Å². The number of hydrogen-bond acceptors (Lipinski definition) is 3. The molecule has 2 unspecified atom stereocenters. The van der Waals surface area contributed by atoms with Gasteiger partial charge in [-0.25, -0.2) is 4.79 Å². The maximum Gasteiger partial charge on any atom is 0.331 e. The summed E-state index contributed by atoms with van der Waals surface area (Å²) in [5.41, 5.74) is -1.93. The zero-order valence-electron chi connectivity index (χ0n) is 10.3. The van der Waals surface area contributed by atoms with Gasteiger partial charge in [-0.1, -0.05) is 19.8 Å². The summed E-state index contributed by atoms with van der Waals surface area (Å²) in [6.45, 7) is 2.39. The molecule has 1 heterocycles. The average molecular weight is 256 g/mol. The van der Waals surface area contributed by atoms with Crippen LogP contribution in [0.5, 0.6) is 5.88 Å². The Hall–Kier alpha value is -1.59. The first-order valence-electron chi connectivity index (χ1n) is 6.20. The van der Waals surface area contributed by atoms with Crippen LogP contribution in [-0.4, -0.2) is 14.7 Å². The maximum atomic E-state index is 13.2. The fourth-order valence-corrected chi connectivity index (χ4v) is 2.69. The molecular formula is C12H17FN2O3. The van der Waals surface area contributed by atoms with Crippen LogP contribution in [0.25, 0.3) is 0 Å². The summed E-state index contributed by atoms with van der Waals surface area (Å²) in [4.78, 5) is 24.4. The summed E-state index contributed by atoms with van der Waals surface area (Å²) in [6.07, 6.45) is 4.15. The third-order valence-electron chi connectivity index (χ3n) is 3.60. The normalized spacial score (nSPS) is 24.1. The molecule has 0 spiro atoms. The minimum atomic E-state index is -1.29. The van der Waals surface area contributed by atoms with Crippen molar-refractivity contribution >= 4 is 0 Å². The predicted octanol–water partition coefficient (Wildman–Crippen LogP) is 1.21. The van der Waals surface area contributed by atoms with E-state index in [1.54, 1.807) is 0 Å². The SMILES string of the molecule is CC1CCCC(Cn2c(O)c(F)c(=O)[nH]c2=O)C1. The summed E-state index contributed by atoms with van der Waals surface area (Å²) in [5, 5.41) is 9.52. The number of aromatic nitrogens is 2. The van der Waals surface area contributed by atoms with Crippen molar-refractivity contribution in [2.24, 2.45) is 11.8 Å². The van der Waals surface area contributed by atoms with Crippen molar-refractivity contribution in [3.63, 3.8) is 0 Å². The molecule has 2 atom stereocenters. The molecule has 5 nitrogen and oxygen atoms in total. The van der Waals surface area contributed by atoms with E-state index in [0.29, 0.717) is 5.92 Å². The number of aromatic hydroxyl groups is 1. The van der Waals surface area contributed by atoms with Gasteiger partial charge in [-0.15, -0.1) is 0 Å². The third kappa shape index (κ3) is 2.47. The summed E-state index contributed by atoms with van der Waals surface area (Å²) in [6, 6.07) is 0. The molecular weight excluding hydrogens is 239 g/mol. The molecule has 1 aliphatic carbocycles. The van der Waals surface area contributed by atoms with Gasteiger partial charge in [0.15, 0.2) is 0 Å². The molecule has 1 aromatic heterocycles. The van der Waals surface area contributed by atoms with Crippen molar-refractivity contribution in [2.45, 2.75) is 39.2 Å². The molecule has 6 heteroatoms. The van der Waals surface area contributed by atoms with E-state index in [1.807, 2.05) is 4.98 Å². The molecule has 0 aliphatic heterocycles. The molecule has 1 aliphatic rings.